The van der Waals surface area contributed by atoms with Crippen molar-refractivity contribution in [3.05, 3.63) is 36.3 Å². The second-order valence-electron chi connectivity index (χ2n) is 7.88. The van der Waals surface area contributed by atoms with Gasteiger partial charge >= 0.3 is 12.2 Å². The van der Waals surface area contributed by atoms with Gasteiger partial charge in [-0.25, -0.2) is 14.0 Å². The minimum Gasteiger partial charge on any atom is -0.445 e. The second kappa shape index (κ2) is 11.3. The van der Waals surface area contributed by atoms with Gasteiger partial charge in [-0.3, -0.25) is 9.80 Å². The molecule has 2 aliphatic heterocycles. The Balaban J connectivity index is 0.00000342. The average molecular weight is 573 g/mol. The van der Waals surface area contributed by atoms with Crippen LogP contribution in [0, 0.1) is 5.82 Å². The summed E-state index contributed by atoms with van der Waals surface area (Å²) in [6.45, 7) is 0.654. The summed E-state index contributed by atoms with van der Waals surface area (Å²) in [6.07, 6.45) is -0.296. The summed E-state index contributed by atoms with van der Waals surface area (Å²) in [5.41, 5.74) is 6.66. The van der Waals surface area contributed by atoms with Gasteiger partial charge in [-0.1, -0.05) is 40.0 Å². The number of ether oxygens (including phenoxy) is 2. The Morgan fingerprint density at radius 1 is 1.31 bits per heavy atom. The van der Waals surface area contributed by atoms with Crippen LogP contribution in [0.25, 0.3) is 0 Å². The lowest BCUT2D eigenvalue weighted by atomic mass is 10.2. The number of anilines is 3. The monoisotopic (exact) mass is 571 g/mol. The summed E-state index contributed by atoms with van der Waals surface area (Å²) >= 11 is 16.9. The maximum Gasteiger partial charge on any atom is 0.415 e. The van der Waals surface area contributed by atoms with E-state index in [0.29, 0.717) is 24.5 Å². The number of halogens is 5. The molecule has 2 aliphatic rings. The Bertz CT molecular complexity index is 1040. The molecule has 0 radical (unpaired) electrons. The van der Waals surface area contributed by atoms with E-state index in [-0.39, 0.29) is 37.4 Å². The van der Waals surface area contributed by atoms with Crippen LogP contribution >= 0.6 is 47.2 Å². The number of nitrogens with two attached hydrogens (primary N) is 1. The first-order chi connectivity index (χ1) is 16.1. The zero-order valence-corrected chi connectivity index (χ0v) is 21.2. The Morgan fingerprint density at radius 3 is 2.69 bits per heavy atom. The van der Waals surface area contributed by atoms with E-state index >= 15 is 0 Å². The summed E-state index contributed by atoms with van der Waals surface area (Å²) < 4.78 is 28.2. The molecule has 35 heavy (non-hydrogen) atoms. The molecule has 2 saturated heterocycles. The van der Waals surface area contributed by atoms with Crippen LogP contribution in [-0.4, -0.2) is 66.1 Å². The van der Waals surface area contributed by atoms with Crippen molar-refractivity contribution >= 4 is 76.6 Å². The van der Waals surface area contributed by atoms with E-state index in [4.69, 9.17) is 54.5 Å². The number of benzene rings is 1. The van der Waals surface area contributed by atoms with Crippen LogP contribution in [-0.2, 0) is 9.47 Å². The van der Waals surface area contributed by atoms with Crippen molar-refractivity contribution < 1.29 is 28.0 Å². The predicted molar refractivity (Wildman–Crippen MR) is 132 cm³/mol. The van der Waals surface area contributed by atoms with Crippen molar-refractivity contribution in [3.63, 3.8) is 0 Å². The molecule has 2 N–H and O–H groups in total. The van der Waals surface area contributed by atoms with Crippen molar-refractivity contribution in [2.24, 2.45) is 5.73 Å². The predicted octanol–water partition coefficient (Wildman–Crippen LogP) is 4.11. The number of amides is 2. The Kier molecular flexibility index (Phi) is 8.81. The van der Waals surface area contributed by atoms with Crippen LogP contribution < -0.4 is 20.4 Å². The number of aromatic nitrogens is 1. The van der Waals surface area contributed by atoms with Gasteiger partial charge in [-0.15, -0.1) is 12.4 Å². The highest BCUT2D eigenvalue weighted by Crippen LogP contribution is 2.30. The lowest BCUT2D eigenvalue weighted by molar-refractivity contribution is 0.133. The highest BCUT2D eigenvalue weighted by molar-refractivity contribution is 6.67. The van der Waals surface area contributed by atoms with Crippen LogP contribution in [0.4, 0.5) is 31.2 Å². The molecule has 0 spiro atoms. The van der Waals surface area contributed by atoms with Crippen molar-refractivity contribution in [3.8, 4) is 0 Å². The number of hydrogen-bond donors (Lipinski definition) is 1. The van der Waals surface area contributed by atoms with E-state index < -0.39 is 34.5 Å². The molecule has 4 rings (SSSR count). The summed E-state index contributed by atoms with van der Waals surface area (Å²) in [7, 11) is 0. The zero-order valence-electron chi connectivity index (χ0n) is 18.1. The third-order valence-corrected chi connectivity index (χ3v) is 5.68. The Morgan fingerprint density at radius 2 is 2.09 bits per heavy atom. The minimum absolute atomic E-state index is 0. The molecule has 2 amide bonds. The third-order valence-electron chi connectivity index (χ3n) is 5.35. The summed E-state index contributed by atoms with van der Waals surface area (Å²) in [5.74, 6) is -0.356. The molecule has 3 heterocycles. The van der Waals surface area contributed by atoms with Crippen LogP contribution in [0.5, 0.6) is 0 Å². The fourth-order valence-corrected chi connectivity index (χ4v) is 3.95. The van der Waals surface area contributed by atoms with Crippen LogP contribution in [0.1, 0.15) is 6.42 Å². The molecule has 0 aliphatic carbocycles. The van der Waals surface area contributed by atoms with Crippen molar-refractivity contribution in [2.75, 3.05) is 47.5 Å². The largest absolute Gasteiger partial charge is 0.445 e. The molecular formula is C20H22Cl4FN5O5. The third kappa shape index (κ3) is 6.73. The van der Waals surface area contributed by atoms with Gasteiger partial charge in [0.15, 0.2) is 5.82 Å². The fourth-order valence-electron chi connectivity index (χ4n) is 3.79. The van der Waals surface area contributed by atoms with E-state index in [1.165, 1.54) is 23.3 Å². The molecular weight excluding hydrogens is 551 g/mol. The number of nitrogens with zero attached hydrogens (tertiary/aromatic N) is 4. The van der Waals surface area contributed by atoms with Gasteiger partial charge in [-0.2, -0.15) is 0 Å². The van der Waals surface area contributed by atoms with Crippen LogP contribution in [0.2, 0.25) is 0 Å². The minimum atomic E-state index is -1.81. The quantitative estimate of drug-likeness (QED) is 0.514. The first-order valence-corrected chi connectivity index (χ1v) is 11.4. The maximum atomic E-state index is 14.8. The Hall–Kier alpha value is -2.18. The lowest BCUT2D eigenvalue weighted by Crippen LogP contribution is -2.40. The molecule has 192 valence electrons. The van der Waals surface area contributed by atoms with E-state index in [0.717, 1.165) is 11.3 Å². The van der Waals surface area contributed by atoms with E-state index in [2.05, 4.69) is 5.16 Å². The van der Waals surface area contributed by atoms with Gasteiger partial charge in [0.05, 0.1) is 24.5 Å². The first-order valence-electron chi connectivity index (χ1n) is 10.3. The van der Waals surface area contributed by atoms with Crippen molar-refractivity contribution in [2.45, 2.75) is 22.4 Å². The molecule has 0 unspecified atom stereocenters. The molecule has 1 aromatic heterocycles. The highest BCUT2D eigenvalue weighted by atomic mass is 35.6. The molecule has 2 aromatic rings. The van der Waals surface area contributed by atoms with Gasteiger partial charge in [-0.05, 0) is 24.6 Å². The molecule has 0 saturated carbocycles. The number of carbonyl (C=O) groups excluding carboxylic acids is 2. The fraction of sp³-hybridized carbons (Fsp3) is 0.450. The maximum absolute atomic E-state index is 14.8. The average Bonchev–Trinajstić information content (AvgIpc) is 3.51. The Labute approximate surface area is 221 Å². The first kappa shape index (κ1) is 27.4. The van der Waals surface area contributed by atoms with Crippen LogP contribution in [0.3, 0.4) is 0 Å². The van der Waals surface area contributed by atoms with Gasteiger partial charge in [0.1, 0.15) is 24.8 Å². The van der Waals surface area contributed by atoms with Gasteiger partial charge in [0.2, 0.25) is 3.79 Å². The molecule has 1 aromatic carbocycles. The van der Waals surface area contributed by atoms with E-state index in [9.17, 15) is 14.0 Å². The number of cyclic esters (lactones) is 1. The lowest BCUT2D eigenvalue weighted by Gasteiger charge is -2.23. The molecule has 10 nitrogen and oxygen atoms in total. The SMILES string of the molecule is Cl.N[C@@H]1CCN(c2ccc(N3C[C@H](CN(C(=O)OCC(Cl)(Cl)Cl)c4ccon4)OC3=O)cc2F)C1. The zero-order chi connectivity index (χ0) is 24.5. The number of rotatable bonds is 6. The van der Waals surface area contributed by atoms with Crippen molar-refractivity contribution in [1.29, 1.82) is 0 Å². The second-order valence-corrected chi connectivity index (χ2v) is 10.4. The highest BCUT2D eigenvalue weighted by Gasteiger charge is 2.37. The normalized spacial score (nSPS) is 20.0. The van der Waals surface area contributed by atoms with Gasteiger partial charge < -0.3 is 24.6 Å². The standard InChI is InChI=1S/C20H21Cl3FN5O5.ClH/c21-20(22,23)11-32-18(30)29(17-4-6-33-26-17)10-14-9-28(19(31)34-14)13-1-2-16(15(24)7-13)27-5-3-12(25)8-27;/h1-2,4,6-7,12,14H,3,5,8-11,25H2;1H/t12-,14-;/m1./s1. The van der Waals surface area contributed by atoms with Gasteiger partial charge in [0, 0.05) is 25.2 Å². The number of carbonyl (C=O) groups is 2. The number of alkyl halides is 3. The van der Waals surface area contributed by atoms with Gasteiger partial charge in [0.25, 0.3) is 0 Å². The summed E-state index contributed by atoms with van der Waals surface area (Å²) in [5, 5.41) is 3.72. The summed E-state index contributed by atoms with van der Waals surface area (Å²) in [4.78, 5) is 29.3. The summed E-state index contributed by atoms with van der Waals surface area (Å²) in [6, 6.07) is 5.94. The topological polar surface area (TPSA) is 114 Å². The van der Waals surface area contributed by atoms with Crippen molar-refractivity contribution in [1.82, 2.24) is 5.16 Å². The molecule has 2 atom stereocenters. The van der Waals surface area contributed by atoms with E-state index in [1.54, 1.807) is 12.1 Å². The molecule has 0 bridgehead atoms. The van der Waals surface area contributed by atoms with Crippen LogP contribution in [0.15, 0.2) is 35.1 Å². The molecule has 15 heteroatoms. The number of hydrogen-bond acceptors (Lipinski definition) is 8. The van der Waals surface area contributed by atoms with E-state index in [1.807, 2.05) is 4.90 Å². The smallest absolute Gasteiger partial charge is 0.415 e. The molecule has 2 fully saturated rings.